The lowest BCUT2D eigenvalue weighted by Gasteiger charge is -2.13. The van der Waals surface area contributed by atoms with Gasteiger partial charge < -0.3 is 24.4 Å². The molecule has 32 heavy (non-hydrogen) atoms. The van der Waals surface area contributed by atoms with Crippen molar-refractivity contribution in [2.24, 2.45) is 0 Å². The van der Waals surface area contributed by atoms with Gasteiger partial charge in [0, 0.05) is 11.1 Å². The molecule has 2 aromatic carbocycles. The van der Waals surface area contributed by atoms with Crippen molar-refractivity contribution in [3.05, 3.63) is 65.9 Å². The fourth-order valence-corrected chi connectivity index (χ4v) is 2.74. The Kier molecular flexibility index (Phi) is 9.04. The van der Waals surface area contributed by atoms with Crippen LogP contribution in [0, 0.1) is 6.92 Å². The highest BCUT2D eigenvalue weighted by Crippen LogP contribution is 2.29. The lowest BCUT2D eigenvalue weighted by molar-refractivity contribution is -0.159. The molecule has 0 atom stereocenters. The van der Waals surface area contributed by atoms with Crippen LogP contribution in [-0.2, 0) is 9.59 Å². The minimum Gasteiger partial charge on any atom is -0.493 e. The molecule has 0 aliphatic carbocycles. The fraction of sp³-hybridized carbons (Fsp3) is 0.208. The highest BCUT2D eigenvalue weighted by Gasteiger charge is 2.07. The standard InChI is InChI=1S/C22H23NO3.C2H2O4/c1-4-6-17-10-12-19(21(15-17)24-3)25-13-14-26-20-8-5-7-18-11-9-16(2)23-22(18)20;3-1(4)2(5)6/h4-12,15H,13-14H2,1-3H3;(H,3,4)(H,5,6). The average Bonchev–Trinajstić information content (AvgIpc) is 2.78. The van der Waals surface area contributed by atoms with Crippen LogP contribution >= 0.6 is 0 Å². The quantitative estimate of drug-likeness (QED) is 0.416. The average molecular weight is 439 g/mol. The number of aliphatic carboxylic acids is 2. The number of hydrogen-bond donors (Lipinski definition) is 2. The predicted octanol–water partition coefficient (Wildman–Crippen LogP) is 4.20. The topological polar surface area (TPSA) is 115 Å². The molecule has 168 valence electrons. The molecule has 2 N–H and O–H groups in total. The number of aromatic nitrogens is 1. The van der Waals surface area contributed by atoms with Gasteiger partial charge in [-0.05, 0) is 43.7 Å². The Morgan fingerprint density at radius 3 is 2.25 bits per heavy atom. The van der Waals surface area contributed by atoms with Gasteiger partial charge in [-0.25, -0.2) is 14.6 Å². The van der Waals surface area contributed by atoms with Gasteiger partial charge in [-0.1, -0.05) is 36.4 Å². The molecule has 0 spiro atoms. The summed E-state index contributed by atoms with van der Waals surface area (Å²) >= 11 is 0. The lowest BCUT2D eigenvalue weighted by atomic mass is 10.2. The van der Waals surface area contributed by atoms with Crippen molar-refractivity contribution in [3.63, 3.8) is 0 Å². The van der Waals surface area contributed by atoms with Gasteiger partial charge in [0.1, 0.15) is 24.5 Å². The number of carboxylic acid groups (broad SMARTS) is 2. The monoisotopic (exact) mass is 439 g/mol. The van der Waals surface area contributed by atoms with E-state index in [1.807, 2.05) is 68.5 Å². The molecule has 0 aliphatic heterocycles. The largest absolute Gasteiger partial charge is 0.493 e. The Morgan fingerprint density at radius 2 is 1.62 bits per heavy atom. The zero-order valence-electron chi connectivity index (χ0n) is 18.1. The molecular formula is C24H25NO7. The minimum atomic E-state index is -1.82. The normalized spacial score (nSPS) is 10.3. The van der Waals surface area contributed by atoms with Crippen LogP contribution in [0.15, 0.2) is 54.6 Å². The maximum Gasteiger partial charge on any atom is 0.414 e. The molecule has 0 saturated heterocycles. The van der Waals surface area contributed by atoms with Crippen molar-refractivity contribution in [2.45, 2.75) is 13.8 Å². The number of rotatable bonds is 7. The van der Waals surface area contributed by atoms with Crippen molar-refractivity contribution in [3.8, 4) is 17.2 Å². The number of allylic oxidation sites excluding steroid dienone is 1. The summed E-state index contributed by atoms with van der Waals surface area (Å²) < 4.78 is 17.1. The van der Waals surface area contributed by atoms with Gasteiger partial charge in [0.05, 0.1) is 7.11 Å². The summed E-state index contributed by atoms with van der Waals surface area (Å²) in [7, 11) is 1.64. The first-order valence-corrected chi connectivity index (χ1v) is 9.74. The molecule has 0 unspecified atom stereocenters. The number of para-hydroxylation sites is 1. The molecule has 3 rings (SSSR count). The number of hydrogen-bond acceptors (Lipinski definition) is 6. The number of fused-ring (bicyclic) bond motifs is 1. The van der Waals surface area contributed by atoms with Gasteiger partial charge in [0.2, 0.25) is 0 Å². The predicted molar refractivity (Wildman–Crippen MR) is 120 cm³/mol. The Morgan fingerprint density at radius 1 is 0.938 bits per heavy atom. The Bertz CT molecular complexity index is 1100. The molecular weight excluding hydrogens is 414 g/mol. The number of aryl methyl sites for hydroxylation is 1. The van der Waals surface area contributed by atoms with Gasteiger partial charge in [0.15, 0.2) is 11.5 Å². The Hall–Kier alpha value is -4.07. The summed E-state index contributed by atoms with van der Waals surface area (Å²) in [6.07, 6.45) is 4.01. The first kappa shape index (κ1) is 24.2. The summed E-state index contributed by atoms with van der Waals surface area (Å²) in [5.74, 6) is -1.46. The van der Waals surface area contributed by atoms with E-state index in [1.165, 1.54) is 0 Å². The number of benzene rings is 2. The lowest BCUT2D eigenvalue weighted by Crippen LogP contribution is -2.10. The van der Waals surface area contributed by atoms with Crippen molar-refractivity contribution < 1.29 is 34.0 Å². The van der Waals surface area contributed by atoms with E-state index in [2.05, 4.69) is 11.1 Å². The third kappa shape index (κ3) is 7.02. The van der Waals surface area contributed by atoms with E-state index in [1.54, 1.807) is 7.11 Å². The molecule has 1 aromatic heterocycles. The first-order chi connectivity index (χ1) is 15.3. The van der Waals surface area contributed by atoms with Crippen molar-refractivity contribution in [1.29, 1.82) is 0 Å². The minimum absolute atomic E-state index is 0.418. The molecule has 0 saturated carbocycles. The van der Waals surface area contributed by atoms with E-state index in [0.29, 0.717) is 24.7 Å². The van der Waals surface area contributed by atoms with E-state index in [9.17, 15) is 0 Å². The highest BCUT2D eigenvalue weighted by molar-refractivity contribution is 6.27. The van der Waals surface area contributed by atoms with E-state index < -0.39 is 11.9 Å². The maximum absolute atomic E-state index is 9.10. The van der Waals surface area contributed by atoms with Crippen LogP contribution in [0.4, 0.5) is 0 Å². The van der Waals surface area contributed by atoms with Crippen LogP contribution in [0.5, 0.6) is 17.2 Å². The molecule has 0 aliphatic rings. The number of carbonyl (C=O) groups is 2. The van der Waals surface area contributed by atoms with Gasteiger partial charge in [-0.3, -0.25) is 0 Å². The molecule has 8 nitrogen and oxygen atoms in total. The number of ether oxygens (including phenoxy) is 3. The van der Waals surface area contributed by atoms with E-state index >= 15 is 0 Å². The molecule has 0 bridgehead atoms. The SMILES string of the molecule is CC=Cc1ccc(OCCOc2cccc3ccc(C)nc23)c(OC)c1.O=C(O)C(=O)O. The van der Waals surface area contributed by atoms with Crippen LogP contribution in [0.3, 0.4) is 0 Å². The van der Waals surface area contributed by atoms with Gasteiger partial charge in [-0.15, -0.1) is 0 Å². The number of nitrogens with zero attached hydrogens (tertiary/aromatic N) is 1. The third-order valence-electron chi connectivity index (χ3n) is 4.15. The van der Waals surface area contributed by atoms with Crippen LogP contribution in [0.25, 0.3) is 17.0 Å². The zero-order valence-corrected chi connectivity index (χ0v) is 18.1. The number of methoxy groups -OCH3 is 1. The second-order valence-electron chi connectivity index (χ2n) is 6.50. The van der Waals surface area contributed by atoms with E-state index in [0.717, 1.165) is 27.9 Å². The first-order valence-electron chi connectivity index (χ1n) is 9.74. The molecule has 3 aromatic rings. The van der Waals surface area contributed by atoms with Crippen molar-refractivity contribution >= 4 is 28.9 Å². The molecule has 0 amide bonds. The van der Waals surface area contributed by atoms with Crippen LogP contribution in [-0.4, -0.2) is 47.5 Å². The second kappa shape index (κ2) is 11.9. The fourth-order valence-electron chi connectivity index (χ4n) is 2.74. The molecule has 0 radical (unpaired) electrons. The van der Waals surface area contributed by atoms with Crippen molar-refractivity contribution in [2.75, 3.05) is 20.3 Å². The van der Waals surface area contributed by atoms with E-state index in [4.69, 9.17) is 34.0 Å². The van der Waals surface area contributed by atoms with E-state index in [-0.39, 0.29) is 0 Å². The summed E-state index contributed by atoms with van der Waals surface area (Å²) in [6, 6.07) is 15.8. The zero-order chi connectivity index (χ0) is 23.5. The molecule has 8 heteroatoms. The maximum atomic E-state index is 9.10. The van der Waals surface area contributed by atoms with Gasteiger partial charge in [0.25, 0.3) is 0 Å². The molecule has 1 heterocycles. The number of carboxylic acids is 2. The summed E-state index contributed by atoms with van der Waals surface area (Å²) in [4.78, 5) is 22.8. The third-order valence-corrected chi connectivity index (χ3v) is 4.15. The van der Waals surface area contributed by atoms with Gasteiger partial charge >= 0.3 is 11.9 Å². The second-order valence-corrected chi connectivity index (χ2v) is 6.50. The molecule has 0 fully saturated rings. The smallest absolute Gasteiger partial charge is 0.414 e. The highest BCUT2D eigenvalue weighted by atomic mass is 16.5. The van der Waals surface area contributed by atoms with Crippen LogP contribution in [0.1, 0.15) is 18.2 Å². The number of pyridine rings is 1. The Balaban J connectivity index is 0.000000534. The Labute approximate surface area is 185 Å². The summed E-state index contributed by atoms with van der Waals surface area (Å²) in [5, 5.41) is 15.8. The van der Waals surface area contributed by atoms with Crippen LogP contribution < -0.4 is 14.2 Å². The van der Waals surface area contributed by atoms with Crippen molar-refractivity contribution in [1.82, 2.24) is 4.98 Å². The summed E-state index contributed by atoms with van der Waals surface area (Å²) in [6.45, 7) is 4.80. The van der Waals surface area contributed by atoms with Crippen LogP contribution in [0.2, 0.25) is 0 Å². The summed E-state index contributed by atoms with van der Waals surface area (Å²) in [5.41, 5.74) is 2.92. The van der Waals surface area contributed by atoms with Gasteiger partial charge in [-0.2, -0.15) is 0 Å².